The Morgan fingerprint density at radius 1 is 1.29 bits per heavy atom. The number of hydrogen-bond donors (Lipinski definition) is 1. The predicted molar refractivity (Wildman–Crippen MR) is 68.7 cm³/mol. The molecular weight excluding hydrogens is 340 g/mol. The second-order valence-corrected chi connectivity index (χ2v) is 5.99. The van der Waals surface area contributed by atoms with Crippen molar-refractivity contribution in [3.63, 3.8) is 0 Å². The monoisotopic (exact) mass is 351 g/mol. The molecule has 1 saturated carbocycles. The molecule has 4 nitrogen and oxygen atoms in total. The van der Waals surface area contributed by atoms with E-state index in [0.29, 0.717) is 12.5 Å². The Balaban J connectivity index is 1.98. The number of aromatic nitrogens is 1. The van der Waals surface area contributed by atoms with Crippen LogP contribution in [-0.4, -0.2) is 35.0 Å². The maximum Gasteiger partial charge on any atom is 0.419 e. The lowest BCUT2D eigenvalue weighted by Crippen LogP contribution is -2.49. The molecule has 0 spiro atoms. The minimum atomic E-state index is -4.87. The largest absolute Gasteiger partial charge is 0.419 e. The summed E-state index contributed by atoms with van der Waals surface area (Å²) in [6.07, 6.45) is -10.9. The lowest BCUT2D eigenvalue weighted by atomic mass is 10.0. The van der Waals surface area contributed by atoms with Crippen molar-refractivity contribution >= 4 is 5.69 Å². The van der Waals surface area contributed by atoms with E-state index in [4.69, 9.17) is 5.26 Å². The van der Waals surface area contributed by atoms with Gasteiger partial charge in [-0.2, -0.15) is 31.6 Å². The summed E-state index contributed by atoms with van der Waals surface area (Å²) >= 11 is 0. The number of nitrogens with zero attached hydrogens (tertiary/aromatic N) is 3. The zero-order chi connectivity index (χ0) is 17.9. The fraction of sp³-hybridized carbons (Fsp3) is 0.571. The maximum absolute atomic E-state index is 13.0. The summed E-state index contributed by atoms with van der Waals surface area (Å²) in [6.45, 7) is 0.118. The van der Waals surface area contributed by atoms with E-state index in [9.17, 15) is 31.4 Å². The molecule has 2 heterocycles. The van der Waals surface area contributed by atoms with Crippen molar-refractivity contribution in [2.75, 3.05) is 11.4 Å². The van der Waals surface area contributed by atoms with Gasteiger partial charge in [-0.3, -0.25) is 0 Å². The molecule has 0 bridgehead atoms. The van der Waals surface area contributed by atoms with E-state index >= 15 is 0 Å². The van der Waals surface area contributed by atoms with Crippen LogP contribution in [0.4, 0.5) is 32.0 Å². The molecule has 1 saturated heterocycles. The number of piperidine rings is 1. The van der Waals surface area contributed by atoms with Crippen molar-refractivity contribution in [1.29, 1.82) is 5.26 Å². The van der Waals surface area contributed by atoms with Crippen molar-refractivity contribution in [3.05, 3.63) is 23.5 Å². The van der Waals surface area contributed by atoms with Crippen LogP contribution in [0.2, 0.25) is 0 Å². The molecule has 1 aliphatic heterocycles. The summed E-state index contributed by atoms with van der Waals surface area (Å²) in [5.74, 6) is -0.497. The quantitative estimate of drug-likeness (QED) is 0.833. The normalized spacial score (nSPS) is 27.6. The van der Waals surface area contributed by atoms with E-state index in [2.05, 4.69) is 4.98 Å². The molecule has 1 aliphatic carbocycles. The van der Waals surface area contributed by atoms with E-state index in [1.54, 1.807) is 0 Å². The van der Waals surface area contributed by atoms with Crippen molar-refractivity contribution in [2.45, 2.75) is 30.9 Å². The fourth-order valence-corrected chi connectivity index (χ4v) is 3.30. The number of aliphatic hydroxyl groups is 1. The number of aliphatic hydroxyl groups excluding tert-OH is 1. The van der Waals surface area contributed by atoms with Gasteiger partial charge < -0.3 is 10.0 Å². The summed E-state index contributed by atoms with van der Waals surface area (Å²) in [6, 6.07) is 0.592. The standard InChI is InChI=1S/C14H11F6N3O/c15-13(16,17)9-2-7(4-22-10(9)3-21)23-5-6-1-8(6)11(23)12(24)14(18,19)20/h2,4,6,8,11-12,24H,1,5H2/t6-,8-,11+,12+/m0/s1. The highest BCUT2D eigenvalue weighted by Gasteiger charge is 2.60. The first-order valence-electron chi connectivity index (χ1n) is 7.02. The number of nitriles is 1. The van der Waals surface area contributed by atoms with Gasteiger partial charge in [0.25, 0.3) is 0 Å². The Bertz CT molecular complexity index is 695. The summed E-state index contributed by atoms with van der Waals surface area (Å²) in [4.78, 5) is 4.53. The van der Waals surface area contributed by atoms with Gasteiger partial charge in [-0.25, -0.2) is 4.98 Å². The topological polar surface area (TPSA) is 60.2 Å². The van der Waals surface area contributed by atoms with Gasteiger partial charge >= 0.3 is 12.4 Å². The molecule has 1 aromatic rings. The van der Waals surface area contributed by atoms with Crippen LogP contribution in [0.3, 0.4) is 0 Å². The van der Waals surface area contributed by atoms with Crippen molar-refractivity contribution in [3.8, 4) is 6.07 Å². The molecule has 3 rings (SSSR count). The fourth-order valence-electron chi connectivity index (χ4n) is 3.30. The zero-order valence-corrected chi connectivity index (χ0v) is 11.9. The molecule has 0 unspecified atom stereocenters. The SMILES string of the molecule is N#Cc1ncc(N2C[C@@H]3C[C@@H]3[C@@H]2[C@@H](O)C(F)(F)F)cc1C(F)(F)F. The first-order valence-corrected chi connectivity index (χ1v) is 7.02. The number of alkyl halides is 6. The molecule has 2 fully saturated rings. The van der Waals surface area contributed by atoms with Gasteiger partial charge in [-0.1, -0.05) is 0 Å². The number of anilines is 1. The van der Waals surface area contributed by atoms with Gasteiger partial charge in [0.1, 0.15) is 6.07 Å². The Morgan fingerprint density at radius 3 is 2.50 bits per heavy atom. The predicted octanol–water partition coefficient (Wildman–Crippen LogP) is 2.72. The number of rotatable bonds is 2. The van der Waals surface area contributed by atoms with Gasteiger partial charge in [0.05, 0.1) is 23.5 Å². The lowest BCUT2D eigenvalue weighted by molar-refractivity contribution is -0.210. The minimum Gasteiger partial charge on any atom is -0.382 e. The van der Waals surface area contributed by atoms with Crippen LogP contribution in [0.5, 0.6) is 0 Å². The van der Waals surface area contributed by atoms with Crippen LogP contribution in [-0.2, 0) is 6.18 Å². The van der Waals surface area contributed by atoms with Crippen LogP contribution in [0.15, 0.2) is 12.3 Å². The third kappa shape index (κ3) is 2.77. The summed E-state index contributed by atoms with van der Waals surface area (Å²) in [7, 11) is 0. The number of hydrogen-bond acceptors (Lipinski definition) is 4. The van der Waals surface area contributed by atoms with Crippen LogP contribution < -0.4 is 4.90 Å². The van der Waals surface area contributed by atoms with Crippen LogP contribution in [0, 0.1) is 23.2 Å². The van der Waals surface area contributed by atoms with Crippen molar-refractivity contribution in [1.82, 2.24) is 4.98 Å². The molecule has 0 radical (unpaired) electrons. The molecule has 24 heavy (non-hydrogen) atoms. The van der Waals surface area contributed by atoms with Crippen LogP contribution in [0.1, 0.15) is 17.7 Å². The van der Waals surface area contributed by atoms with Crippen LogP contribution >= 0.6 is 0 Å². The first-order chi connectivity index (χ1) is 11.0. The van der Waals surface area contributed by atoms with E-state index in [-0.39, 0.29) is 18.2 Å². The molecule has 4 atom stereocenters. The van der Waals surface area contributed by atoms with Gasteiger partial charge in [-0.05, 0) is 24.3 Å². The lowest BCUT2D eigenvalue weighted by Gasteiger charge is -2.33. The second kappa shape index (κ2) is 5.24. The smallest absolute Gasteiger partial charge is 0.382 e. The summed E-state index contributed by atoms with van der Waals surface area (Å²) < 4.78 is 77.5. The Morgan fingerprint density at radius 2 is 1.96 bits per heavy atom. The molecule has 1 aromatic heterocycles. The van der Waals surface area contributed by atoms with Gasteiger partial charge in [0.2, 0.25) is 0 Å². The van der Waals surface area contributed by atoms with E-state index in [1.807, 2.05) is 0 Å². The maximum atomic E-state index is 13.0. The van der Waals surface area contributed by atoms with Crippen molar-refractivity contribution in [2.24, 2.45) is 11.8 Å². The minimum absolute atomic E-state index is 0.0861. The van der Waals surface area contributed by atoms with Crippen molar-refractivity contribution < 1.29 is 31.4 Å². The molecule has 10 heteroatoms. The highest BCUT2D eigenvalue weighted by Crippen LogP contribution is 2.53. The Kier molecular flexibility index (Phi) is 3.67. The molecule has 0 amide bonds. The van der Waals surface area contributed by atoms with Gasteiger partial charge in [0, 0.05) is 6.54 Å². The number of fused-ring (bicyclic) bond motifs is 1. The second-order valence-electron chi connectivity index (χ2n) is 5.99. The number of pyridine rings is 1. The highest BCUT2D eigenvalue weighted by molar-refractivity contribution is 5.54. The first kappa shape index (κ1) is 16.8. The third-order valence-corrected chi connectivity index (χ3v) is 4.48. The average Bonchev–Trinajstić information content (AvgIpc) is 3.15. The Labute approximate surface area is 132 Å². The zero-order valence-electron chi connectivity index (χ0n) is 11.9. The highest BCUT2D eigenvalue weighted by atomic mass is 19.4. The molecule has 0 aromatic carbocycles. The van der Waals surface area contributed by atoms with Gasteiger partial charge in [0.15, 0.2) is 11.8 Å². The average molecular weight is 351 g/mol. The van der Waals surface area contributed by atoms with Crippen LogP contribution in [0.25, 0.3) is 0 Å². The molecule has 2 aliphatic rings. The van der Waals surface area contributed by atoms with E-state index in [1.165, 1.54) is 6.07 Å². The molecule has 130 valence electrons. The number of halogens is 6. The Hall–Kier alpha value is -2.02. The van der Waals surface area contributed by atoms with E-state index < -0.39 is 41.7 Å². The third-order valence-electron chi connectivity index (χ3n) is 4.48. The summed E-state index contributed by atoms with van der Waals surface area (Å²) in [5.41, 5.74) is -2.33. The van der Waals surface area contributed by atoms with E-state index in [0.717, 1.165) is 11.1 Å². The summed E-state index contributed by atoms with van der Waals surface area (Å²) in [5, 5.41) is 18.3. The van der Waals surface area contributed by atoms with Gasteiger partial charge in [-0.15, -0.1) is 0 Å². The molecular formula is C14H11F6N3O. The molecule has 1 N–H and O–H groups in total.